The number of benzene rings is 2. The van der Waals surface area contributed by atoms with Crippen LogP contribution in [-0.4, -0.2) is 11.6 Å². The van der Waals surface area contributed by atoms with Gasteiger partial charge in [-0.05, 0) is 110 Å². The summed E-state index contributed by atoms with van der Waals surface area (Å²) in [6.45, 7) is 0. The minimum absolute atomic E-state index is 0.207. The molecule has 0 radical (unpaired) electrons. The van der Waals surface area contributed by atoms with Crippen molar-refractivity contribution in [1.29, 1.82) is 0 Å². The third-order valence-electron chi connectivity index (χ3n) is 10.0. The number of carbonyl (C=O) groups is 2. The maximum atomic E-state index is 11.7. The molecule has 0 aromatic heterocycles. The average molecular weight is 578 g/mol. The number of ketones is 2. The van der Waals surface area contributed by atoms with Gasteiger partial charge in [0.25, 0.3) is 0 Å². The highest BCUT2D eigenvalue weighted by Gasteiger charge is 2.42. The fraction of sp³-hybridized carbons (Fsp3) is 0.500. The second-order valence-electron chi connectivity index (χ2n) is 12.4. The fourth-order valence-corrected chi connectivity index (χ4v) is 8.69. The summed E-state index contributed by atoms with van der Waals surface area (Å²) in [5.41, 5.74) is 5.50. The molecule has 0 amide bonds. The number of hydrogen-bond acceptors (Lipinski definition) is 2. The molecule has 0 unspecified atom stereocenters. The monoisotopic (exact) mass is 576 g/mol. The third kappa shape index (κ3) is 6.50. The van der Waals surface area contributed by atoms with Crippen molar-refractivity contribution in [3.63, 3.8) is 0 Å². The van der Waals surface area contributed by atoms with Gasteiger partial charge in [-0.3, -0.25) is 9.59 Å². The van der Waals surface area contributed by atoms with Gasteiger partial charge in [-0.25, -0.2) is 0 Å². The first-order valence-corrected chi connectivity index (χ1v) is 16.1. The van der Waals surface area contributed by atoms with Gasteiger partial charge in [0.1, 0.15) is 11.6 Å². The molecule has 0 aliphatic heterocycles. The first kappa shape index (κ1) is 29.3. The largest absolute Gasteiger partial charge is 0.300 e. The Morgan fingerprint density at radius 2 is 0.825 bits per heavy atom. The van der Waals surface area contributed by atoms with E-state index in [-0.39, 0.29) is 10.8 Å². The molecule has 2 spiro atoms. The van der Waals surface area contributed by atoms with Crippen LogP contribution in [0.15, 0.2) is 71.8 Å². The summed E-state index contributed by atoms with van der Waals surface area (Å²) in [4.78, 5) is 23.4. The van der Waals surface area contributed by atoms with E-state index in [0.717, 1.165) is 98.2 Å². The summed E-state index contributed by atoms with van der Waals surface area (Å²) in [7, 11) is 0. The van der Waals surface area contributed by atoms with Crippen LogP contribution in [0.25, 0.3) is 10.1 Å². The predicted octanol–water partition coefficient (Wildman–Crippen LogP) is 10.7. The first-order valence-electron chi connectivity index (χ1n) is 15.4. The molecule has 2 atom stereocenters. The smallest absolute Gasteiger partial charge is 0.132 e. The zero-order chi connectivity index (χ0) is 28.0. The van der Waals surface area contributed by atoms with E-state index in [1.54, 1.807) is 0 Å². The van der Waals surface area contributed by atoms with Crippen molar-refractivity contribution < 1.29 is 9.59 Å². The molecule has 2 nitrogen and oxygen atoms in total. The summed E-state index contributed by atoms with van der Waals surface area (Å²) in [6, 6.07) is 20.5. The second-order valence-corrected chi connectivity index (χ2v) is 13.1. The third-order valence-corrected chi connectivity index (χ3v) is 10.9. The summed E-state index contributed by atoms with van der Waals surface area (Å²) in [5.74, 6) is 0.868. The van der Waals surface area contributed by atoms with Crippen molar-refractivity contribution in [2.24, 2.45) is 10.8 Å². The molecule has 4 aliphatic rings. The molecule has 2 aromatic carbocycles. The van der Waals surface area contributed by atoms with Crippen LogP contribution >= 0.6 is 23.2 Å². The normalized spacial score (nSPS) is 29.6. The van der Waals surface area contributed by atoms with Crippen LogP contribution in [0.4, 0.5) is 0 Å². The lowest BCUT2D eigenvalue weighted by Gasteiger charge is -2.30. The van der Waals surface area contributed by atoms with Crippen molar-refractivity contribution in [2.45, 2.75) is 103 Å². The Labute approximate surface area is 250 Å². The lowest BCUT2D eigenvalue weighted by Crippen LogP contribution is -2.18. The van der Waals surface area contributed by atoms with Crippen LogP contribution in [0.1, 0.15) is 114 Å². The maximum Gasteiger partial charge on any atom is 0.132 e. The Balaban J connectivity index is 0.000000161. The van der Waals surface area contributed by atoms with Gasteiger partial charge in [0, 0.05) is 35.7 Å². The molecule has 0 heterocycles. The van der Waals surface area contributed by atoms with Crippen LogP contribution in [0, 0.1) is 10.8 Å². The minimum Gasteiger partial charge on any atom is -0.300 e. The number of carbonyl (C=O) groups excluding carboxylic acids is 2. The molecule has 4 fully saturated rings. The number of allylic oxidation sites excluding steroid dienone is 2. The number of halogens is 2. The van der Waals surface area contributed by atoms with E-state index in [9.17, 15) is 9.59 Å². The van der Waals surface area contributed by atoms with E-state index < -0.39 is 0 Å². The summed E-state index contributed by atoms with van der Waals surface area (Å²) < 4.78 is 0. The lowest BCUT2D eigenvalue weighted by molar-refractivity contribution is -0.119. The van der Waals surface area contributed by atoms with E-state index in [1.807, 2.05) is 36.4 Å². The van der Waals surface area contributed by atoms with Gasteiger partial charge in [0.2, 0.25) is 0 Å². The Bertz CT molecular complexity index is 1160. The van der Waals surface area contributed by atoms with Gasteiger partial charge in [-0.1, -0.05) is 83.9 Å². The predicted molar refractivity (Wildman–Crippen MR) is 167 cm³/mol. The molecule has 4 aliphatic carbocycles. The number of Topliss-reactive ketones (excluding diaryl/α,β-unsaturated/α-hetero) is 2. The van der Waals surface area contributed by atoms with Crippen LogP contribution < -0.4 is 0 Å². The molecule has 4 heteroatoms. The van der Waals surface area contributed by atoms with Gasteiger partial charge < -0.3 is 0 Å². The van der Waals surface area contributed by atoms with E-state index in [0.29, 0.717) is 11.6 Å². The Morgan fingerprint density at radius 3 is 1.20 bits per heavy atom. The molecule has 0 bridgehead atoms. The molecule has 0 N–H and O–H groups in total. The minimum atomic E-state index is 0.207. The summed E-state index contributed by atoms with van der Waals surface area (Å²) in [6.07, 6.45) is 16.4. The van der Waals surface area contributed by atoms with Gasteiger partial charge in [0.15, 0.2) is 0 Å². The number of rotatable bonds is 2. The highest BCUT2D eigenvalue weighted by Crippen LogP contribution is 2.55. The van der Waals surface area contributed by atoms with Gasteiger partial charge in [0.05, 0.1) is 0 Å². The van der Waals surface area contributed by atoms with Gasteiger partial charge in [-0.15, -0.1) is 0 Å². The molecule has 4 saturated carbocycles. The SMILES string of the molecule is O=C1CCC[C@@]2(CCC/C2=C(\Cl)c2ccccc2)CC1.O=C1CCC[C@]2(CCC/C2=C(\Cl)c2ccccc2)CC1. The van der Waals surface area contributed by atoms with Crippen molar-refractivity contribution >= 4 is 44.8 Å². The topological polar surface area (TPSA) is 34.1 Å². The fourth-order valence-electron chi connectivity index (χ4n) is 7.85. The van der Waals surface area contributed by atoms with E-state index in [4.69, 9.17) is 23.2 Å². The highest BCUT2D eigenvalue weighted by molar-refractivity contribution is 6.49. The Kier molecular flexibility index (Phi) is 9.69. The van der Waals surface area contributed by atoms with E-state index in [1.165, 1.54) is 36.8 Å². The first-order chi connectivity index (χ1) is 19.4. The van der Waals surface area contributed by atoms with Crippen molar-refractivity contribution in [2.75, 3.05) is 0 Å². The zero-order valence-corrected chi connectivity index (χ0v) is 25.2. The Hall–Kier alpha value is -2.16. The van der Waals surface area contributed by atoms with E-state index in [2.05, 4.69) is 24.3 Å². The van der Waals surface area contributed by atoms with E-state index >= 15 is 0 Å². The van der Waals surface area contributed by atoms with Crippen LogP contribution in [0.3, 0.4) is 0 Å². The van der Waals surface area contributed by atoms with Gasteiger partial charge >= 0.3 is 0 Å². The molecular formula is C36H42Cl2O2. The van der Waals surface area contributed by atoms with Crippen molar-refractivity contribution in [1.82, 2.24) is 0 Å². The van der Waals surface area contributed by atoms with Crippen LogP contribution in [0.2, 0.25) is 0 Å². The maximum absolute atomic E-state index is 11.7. The summed E-state index contributed by atoms with van der Waals surface area (Å²) in [5, 5.41) is 1.88. The molecule has 40 heavy (non-hydrogen) atoms. The standard InChI is InChI=1S/2C18H21ClO/c2*19-17(14-6-2-1-3-7-14)16-9-5-12-18(16)11-4-8-15(20)10-13-18/h2*1-3,6-7H,4-5,8-13H2/b2*17-16+/t2*18-/m10/s1. The van der Waals surface area contributed by atoms with Crippen molar-refractivity contribution in [3.05, 3.63) is 82.9 Å². The molecule has 2 aromatic rings. The van der Waals surface area contributed by atoms with Crippen molar-refractivity contribution in [3.8, 4) is 0 Å². The average Bonchev–Trinajstić information content (AvgIpc) is 3.48. The zero-order valence-electron chi connectivity index (χ0n) is 23.7. The molecule has 6 rings (SSSR count). The highest BCUT2D eigenvalue weighted by atomic mass is 35.5. The summed E-state index contributed by atoms with van der Waals surface area (Å²) >= 11 is 13.4. The van der Waals surface area contributed by atoms with Crippen LogP contribution in [0.5, 0.6) is 0 Å². The quantitative estimate of drug-likeness (QED) is 0.356. The molecule has 0 saturated heterocycles. The lowest BCUT2D eigenvalue weighted by atomic mass is 9.75. The van der Waals surface area contributed by atoms with Gasteiger partial charge in [-0.2, -0.15) is 0 Å². The second kappa shape index (κ2) is 13.2. The molecular weight excluding hydrogens is 535 g/mol. The Morgan fingerprint density at radius 1 is 0.475 bits per heavy atom. The number of hydrogen-bond donors (Lipinski definition) is 0. The molecule has 212 valence electrons. The van der Waals surface area contributed by atoms with Crippen LogP contribution in [-0.2, 0) is 9.59 Å².